The van der Waals surface area contributed by atoms with Crippen LogP contribution in [0.2, 0.25) is 0 Å². The topological polar surface area (TPSA) is 52.0 Å². The molecule has 2 saturated heterocycles. The molecular formula is C23H26N4O2. The number of anilines is 2. The summed E-state index contributed by atoms with van der Waals surface area (Å²) in [5, 5.41) is 4.22. The van der Waals surface area contributed by atoms with Crippen molar-refractivity contribution in [3.8, 4) is 0 Å². The van der Waals surface area contributed by atoms with Gasteiger partial charge in [-0.2, -0.15) is 0 Å². The zero-order chi connectivity index (χ0) is 19.8. The molecule has 5 rings (SSSR count). The fourth-order valence-corrected chi connectivity index (χ4v) is 4.85. The predicted molar refractivity (Wildman–Crippen MR) is 115 cm³/mol. The number of para-hydroxylation sites is 2. The molecule has 2 aromatic carbocycles. The van der Waals surface area contributed by atoms with Crippen LogP contribution in [-0.4, -0.2) is 49.3 Å². The number of hydrogen-bond donors (Lipinski definition) is 1. The van der Waals surface area contributed by atoms with Crippen LogP contribution in [0.5, 0.6) is 0 Å². The van der Waals surface area contributed by atoms with Crippen molar-refractivity contribution < 1.29 is 9.21 Å². The quantitative estimate of drug-likeness (QED) is 0.734. The van der Waals surface area contributed by atoms with Crippen LogP contribution in [-0.2, 0) is 0 Å². The maximum Gasteiger partial charge on any atom is 0.323 e. The van der Waals surface area contributed by atoms with Gasteiger partial charge in [-0.05, 0) is 30.7 Å². The SMILES string of the molecule is CCC1(N2CCN(c3cccc4ccoc34)CC2)CNC(=O)N1c1ccccc1. The first-order chi connectivity index (χ1) is 14.2. The molecule has 2 fully saturated rings. The third-order valence-electron chi connectivity index (χ3n) is 6.39. The molecule has 29 heavy (non-hydrogen) atoms. The summed E-state index contributed by atoms with van der Waals surface area (Å²) in [5.74, 6) is 0. The molecule has 1 aromatic heterocycles. The summed E-state index contributed by atoms with van der Waals surface area (Å²) in [4.78, 5) is 19.6. The molecule has 6 nitrogen and oxygen atoms in total. The number of piperazine rings is 1. The molecule has 0 aliphatic carbocycles. The lowest BCUT2D eigenvalue weighted by Gasteiger charge is -2.49. The molecule has 3 heterocycles. The second kappa shape index (κ2) is 7.12. The van der Waals surface area contributed by atoms with E-state index in [0.717, 1.165) is 54.9 Å². The Morgan fingerprint density at radius 2 is 1.79 bits per heavy atom. The van der Waals surface area contributed by atoms with E-state index >= 15 is 0 Å². The van der Waals surface area contributed by atoms with Gasteiger partial charge >= 0.3 is 6.03 Å². The minimum absolute atomic E-state index is 0.0131. The standard InChI is InChI=1S/C23H26N4O2/c1-2-23(17-24-22(28)27(23)19-8-4-3-5-9-19)26-14-12-25(13-15-26)20-10-6-7-18-11-16-29-21(18)20/h3-11,16H,2,12-15,17H2,1H3,(H,24,28). The van der Waals surface area contributed by atoms with Crippen molar-refractivity contribution in [2.24, 2.45) is 0 Å². The number of furan rings is 1. The summed E-state index contributed by atoms with van der Waals surface area (Å²) in [6, 6.07) is 18.3. The van der Waals surface area contributed by atoms with Crippen molar-refractivity contribution in [2.45, 2.75) is 19.0 Å². The van der Waals surface area contributed by atoms with E-state index in [1.54, 1.807) is 6.26 Å². The van der Waals surface area contributed by atoms with Gasteiger partial charge in [0.05, 0.1) is 18.5 Å². The van der Waals surface area contributed by atoms with Gasteiger partial charge in [-0.25, -0.2) is 4.79 Å². The van der Waals surface area contributed by atoms with Gasteiger partial charge in [-0.1, -0.05) is 37.3 Å². The van der Waals surface area contributed by atoms with Crippen LogP contribution < -0.4 is 15.1 Å². The Bertz CT molecular complexity index is 1010. The smallest absolute Gasteiger partial charge is 0.323 e. The minimum atomic E-state index is -0.332. The highest BCUT2D eigenvalue weighted by atomic mass is 16.3. The van der Waals surface area contributed by atoms with Crippen molar-refractivity contribution >= 4 is 28.4 Å². The Kier molecular flexibility index (Phi) is 4.43. The lowest BCUT2D eigenvalue weighted by Crippen LogP contribution is -2.64. The summed E-state index contributed by atoms with van der Waals surface area (Å²) in [6.45, 7) is 6.40. The summed E-state index contributed by atoms with van der Waals surface area (Å²) >= 11 is 0. The summed E-state index contributed by atoms with van der Waals surface area (Å²) in [5.41, 5.74) is 2.72. The molecule has 1 N–H and O–H groups in total. The first-order valence-electron chi connectivity index (χ1n) is 10.3. The monoisotopic (exact) mass is 390 g/mol. The zero-order valence-electron chi connectivity index (χ0n) is 16.7. The molecule has 2 amide bonds. The van der Waals surface area contributed by atoms with Crippen molar-refractivity contribution in [3.63, 3.8) is 0 Å². The third kappa shape index (κ3) is 2.86. The van der Waals surface area contributed by atoms with E-state index in [1.807, 2.05) is 41.3 Å². The second-order valence-corrected chi connectivity index (χ2v) is 7.76. The van der Waals surface area contributed by atoms with Gasteiger partial charge < -0.3 is 14.6 Å². The van der Waals surface area contributed by atoms with Crippen molar-refractivity contribution in [1.29, 1.82) is 0 Å². The molecule has 0 radical (unpaired) electrons. The maximum absolute atomic E-state index is 12.8. The average Bonchev–Trinajstić information content (AvgIpc) is 3.39. The number of hydrogen-bond acceptors (Lipinski definition) is 4. The number of nitrogens with zero attached hydrogens (tertiary/aromatic N) is 3. The number of rotatable bonds is 4. The van der Waals surface area contributed by atoms with Gasteiger partial charge in [0.15, 0.2) is 5.58 Å². The van der Waals surface area contributed by atoms with E-state index < -0.39 is 0 Å². The van der Waals surface area contributed by atoms with E-state index in [4.69, 9.17) is 4.42 Å². The number of nitrogens with one attached hydrogen (secondary N) is 1. The van der Waals surface area contributed by atoms with E-state index in [2.05, 4.69) is 40.2 Å². The largest absolute Gasteiger partial charge is 0.462 e. The van der Waals surface area contributed by atoms with Crippen LogP contribution in [0.3, 0.4) is 0 Å². The molecule has 0 spiro atoms. The van der Waals surface area contributed by atoms with Gasteiger partial charge in [0.25, 0.3) is 0 Å². The van der Waals surface area contributed by atoms with Gasteiger partial charge in [-0.15, -0.1) is 0 Å². The molecule has 2 aliphatic rings. The van der Waals surface area contributed by atoms with E-state index in [0.29, 0.717) is 6.54 Å². The van der Waals surface area contributed by atoms with Crippen LogP contribution in [0.15, 0.2) is 65.3 Å². The number of fused-ring (bicyclic) bond motifs is 1. The number of carbonyl (C=O) groups is 1. The van der Waals surface area contributed by atoms with E-state index in [9.17, 15) is 4.79 Å². The molecule has 0 bridgehead atoms. The zero-order valence-corrected chi connectivity index (χ0v) is 16.7. The van der Waals surface area contributed by atoms with Crippen molar-refractivity contribution in [2.75, 3.05) is 42.5 Å². The van der Waals surface area contributed by atoms with Gasteiger partial charge in [0, 0.05) is 37.3 Å². The Balaban J connectivity index is 1.40. The van der Waals surface area contributed by atoms with Gasteiger partial charge in [0.2, 0.25) is 0 Å². The molecule has 2 aliphatic heterocycles. The van der Waals surface area contributed by atoms with Crippen LogP contribution in [0.25, 0.3) is 11.0 Å². The normalized spacial score (nSPS) is 23.0. The summed E-state index contributed by atoms with van der Waals surface area (Å²) in [7, 11) is 0. The van der Waals surface area contributed by atoms with Crippen LogP contribution >= 0.6 is 0 Å². The maximum atomic E-state index is 12.8. The fourth-order valence-electron chi connectivity index (χ4n) is 4.85. The average molecular weight is 390 g/mol. The summed E-state index contributed by atoms with van der Waals surface area (Å²) < 4.78 is 5.74. The summed E-state index contributed by atoms with van der Waals surface area (Å²) in [6.07, 6.45) is 2.62. The van der Waals surface area contributed by atoms with Crippen LogP contribution in [0.1, 0.15) is 13.3 Å². The number of amides is 2. The van der Waals surface area contributed by atoms with Gasteiger partial charge in [-0.3, -0.25) is 9.80 Å². The molecule has 3 aromatic rings. The Hall–Kier alpha value is -2.99. The van der Waals surface area contributed by atoms with Crippen LogP contribution in [0, 0.1) is 0 Å². The number of benzene rings is 2. The minimum Gasteiger partial charge on any atom is -0.462 e. The predicted octanol–water partition coefficient (Wildman–Crippen LogP) is 3.89. The lowest BCUT2D eigenvalue weighted by molar-refractivity contribution is 0.0954. The van der Waals surface area contributed by atoms with E-state index in [-0.39, 0.29) is 11.7 Å². The van der Waals surface area contributed by atoms with Crippen molar-refractivity contribution in [3.05, 3.63) is 60.9 Å². The molecule has 1 atom stereocenters. The lowest BCUT2D eigenvalue weighted by atomic mass is 10.0. The Morgan fingerprint density at radius 1 is 1.00 bits per heavy atom. The Labute approximate surface area is 170 Å². The number of urea groups is 1. The molecular weight excluding hydrogens is 364 g/mol. The van der Waals surface area contributed by atoms with E-state index in [1.165, 1.54) is 0 Å². The second-order valence-electron chi connectivity index (χ2n) is 7.76. The van der Waals surface area contributed by atoms with Crippen molar-refractivity contribution in [1.82, 2.24) is 10.2 Å². The highest BCUT2D eigenvalue weighted by Crippen LogP contribution is 2.35. The Morgan fingerprint density at radius 3 is 2.55 bits per heavy atom. The molecule has 1 unspecified atom stereocenters. The van der Waals surface area contributed by atoms with Gasteiger partial charge in [0.1, 0.15) is 5.66 Å². The number of carbonyl (C=O) groups excluding carboxylic acids is 1. The molecule has 6 heteroatoms. The highest BCUT2D eigenvalue weighted by molar-refractivity contribution is 5.96. The molecule has 150 valence electrons. The molecule has 0 saturated carbocycles. The fraction of sp³-hybridized carbons (Fsp3) is 0.348. The van der Waals surface area contributed by atoms with Crippen LogP contribution in [0.4, 0.5) is 16.2 Å². The first kappa shape index (κ1) is 18.1. The first-order valence-corrected chi connectivity index (χ1v) is 10.3. The highest BCUT2D eigenvalue weighted by Gasteiger charge is 2.49. The third-order valence-corrected chi connectivity index (χ3v) is 6.39.